The van der Waals surface area contributed by atoms with Gasteiger partial charge in [0, 0.05) is 6.42 Å². The van der Waals surface area contributed by atoms with Crippen molar-refractivity contribution in [2.45, 2.75) is 95.8 Å². The van der Waals surface area contributed by atoms with Crippen molar-refractivity contribution < 1.29 is 23.4 Å². The normalized spacial score (nSPS) is 31.6. The predicted octanol–water partition coefficient (Wildman–Crippen LogP) is 3.28. The van der Waals surface area contributed by atoms with Gasteiger partial charge in [-0.25, -0.2) is 0 Å². The summed E-state index contributed by atoms with van der Waals surface area (Å²) in [5, 5.41) is 0.135. The molecule has 6 heteroatoms. The van der Waals surface area contributed by atoms with Gasteiger partial charge in [0.1, 0.15) is 18.3 Å². The molecule has 0 radical (unpaired) electrons. The van der Waals surface area contributed by atoms with Crippen LogP contribution in [0.3, 0.4) is 0 Å². The molecule has 0 bridgehead atoms. The number of Topliss-reactive ketones (excluding diaryl/α,β-unsaturated/α-hetero) is 1. The van der Waals surface area contributed by atoms with Crippen molar-refractivity contribution in [1.82, 2.24) is 0 Å². The molecule has 0 spiro atoms. The third-order valence-corrected chi connectivity index (χ3v) is 9.98. The van der Waals surface area contributed by atoms with E-state index in [0.717, 1.165) is 0 Å². The molecular formula is C19H32O5Si. The maximum atomic E-state index is 11.5. The van der Waals surface area contributed by atoms with Crippen molar-refractivity contribution in [3.05, 3.63) is 0 Å². The summed E-state index contributed by atoms with van der Waals surface area (Å²) in [6.45, 7) is 15.4. The molecule has 25 heavy (non-hydrogen) atoms. The van der Waals surface area contributed by atoms with E-state index in [1.165, 1.54) is 0 Å². The van der Waals surface area contributed by atoms with Crippen molar-refractivity contribution in [2.24, 2.45) is 0 Å². The molecule has 0 aromatic heterocycles. The first-order chi connectivity index (χ1) is 11.4. The number of carbonyl (C=O) groups excluding carboxylic acids is 1. The van der Waals surface area contributed by atoms with E-state index in [0.29, 0.717) is 19.4 Å². The molecule has 0 aromatic carbocycles. The maximum Gasteiger partial charge on any atom is 0.205 e. The monoisotopic (exact) mass is 368 g/mol. The van der Waals surface area contributed by atoms with Crippen LogP contribution in [0.4, 0.5) is 0 Å². The molecule has 0 aromatic rings. The molecule has 0 aliphatic carbocycles. The smallest absolute Gasteiger partial charge is 0.205 e. The summed E-state index contributed by atoms with van der Waals surface area (Å²) in [5.74, 6) is 1.29. The SMILES string of the molecule is C#CC(=O)CC[C@@H]1O[C@H](CO[Si](C)(C)C(C)(C)C)[C@H]2OC(C)(C)O[C@H]21. The number of hydrogen-bond donors (Lipinski definition) is 0. The first-order valence-corrected chi connectivity index (χ1v) is 11.9. The zero-order valence-corrected chi connectivity index (χ0v) is 17.5. The molecule has 2 aliphatic heterocycles. The third-order valence-electron chi connectivity index (χ3n) is 5.48. The molecule has 2 rings (SSSR count). The standard InChI is InChI=1S/C19H32O5Si/c1-9-13(20)10-11-14-16-17(24-19(5,6)23-16)15(22-14)12-21-25(7,8)18(2,3)4/h1,14-17H,10-12H2,2-8H3/t14-,15+,16-,17+/m0/s1. The molecule has 2 fully saturated rings. The van der Waals surface area contributed by atoms with Gasteiger partial charge in [0.25, 0.3) is 0 Å². The van der Waals surface area contributed by atoms with E-state index < -0.39 is 14.1 Å². The number of terminal acetylenes is 1. The van der Waals surface area contributed by atoms with Gasteiger partial charge < -0.3 is 18.6 Å². The molecule has 0 unspecified atom stereocenters. The lowest BCUT2D eigenvalue weighted by Crippen LogP contribution is -2.44. The third kappa shape index (κ3) is 4.72. The van der Waals surface area contributed by atoms with Crippen LogP contribution in [0.5, 0.6) is 0 Å². The quantitative estimate of drug-likeness (QED) is 0.409. The Morgan fingerprint density at radius 1 is 1.20 bits per heavy atom. The van der Waals surface area contributed by atoms with Crippen LogP contribution < -0.4 is 0 Å². The molecule has 0 amide bonds. The number of carbonyl (C=O) groups is 1. The Labute approximate surface area is 152 Å². The van der Waals surface area contributed by atoms with Gasteiger partial charge in [0.05, 0.1) is 12.7 Å². The second-order valence-corrected chi connectivity index (χ2v) is 13.8. The Hall–Kier alpha value is -0.713. The Morgan fingerprint density at radius 3 is 2.28 bits per heavy atom. The fraction of sp³-hybridized carbons (Fsp3) is 0.842. The zero-order chi connectivity index (χ0) is 19.0. The molecule has 0 saturated carbocycles. The second-order valence-electron chi connectivity index (χ2n) is 8.96. The Balaban J connectivity index is 2.04. The highest BCUT2D eigenvalue weighted by Crippen LogP contribution is 2.42. The number of fused-ring (bicyclic) bond motifs is 1. The first kappa shape index (κ1) is 20.6. The number of ether oxygens (including phenoxy) is 3. The van der Waals surface area contributed by atoms with Crippen molar-refractivity contribution in [3.63, 3.8) is 0 Å². The van der Waals surface area contributed by atoms with E-state index in [1.807, 2.05) is 13.8 Å². The predicted molar refractivity (Wildman–Crippen MR) is 98.7 cm³/mol. The Morgan fingerprint density at radius 2 is 1.76 bits per heavy atom. The van der Waals surface area contributed by atoms with Crippen molar-refractivity contribution in [1.29, 1.82) is 0 Å². The van der Waals surface area contributed by atoms with Gasteiger partial charge in [-0.15, -0.1) is 6.42 Å². The van der Waals surface area contributed by atoms with Crippen LogP contribution in [0, 0.1) is 12.3 Å². The highest BCUT2D eigenvalue weighted by atomic mass is 28.4. The second kappa shape index (κ2) is 7.13. The van der Waals surface area contributed by atoms with E-state index >= 15 is 0 Å². The highest BCUT2D eigenvalue weighted by molar-refractivity contribution is 6.74. The molecule has 5 nitrogen and oxygen atoms in total. The van der Waals surface area contributed by atoms with Gasteiger partial charge in [-0.05, 0) is 44.3 Å². The lowest BCUT2D eigenvalue weighted by Gasteiger charge is -2.37. The van der Waals surface area contributed by atoms with E-state index in [2.05, 4.69) is 39.8 Å². The topological polar surface area (TPSA) is 54.0 Å². The minimum absolute atomic E-state index is 0.135. The van der Waals surface area contributed by atoms with Crippen molar-refractivity contribution in [3.8, 4) is 12.3 Å². The number of ketones is 1. The summed E-state index contributed by atoms with van der Waals surface area (Å²) in [6, 6.07) is 0. The average molecular weight is 369 g/mol. The lowest BCUT2D eigenvalue weighted by atomic mass is 10.0. The highest BCUT2D eigenvalue weighted by Gasteiger charge is 2.55. The van der Waals surface area contributed by atoms with E-state index in [1.54, 1.807) is 0 Å². The van der Waals surface area contributed by atoms with E-state index in [-0.39, 0.29) is 35.2 Å². The largest absolute Gasteiger partial charge is 0.414 e. The van der Waals surface area contributed by atoms with Crippen LogP contribution in [0.1, 0.15) is 47.5 Å². The van der Waals surface area contributed by atoms with Crippen LogP contribution in [0.2, 0.25) is 18.1 Å². The Bertz CT molecular complexity index is 543. The zero-order valence-electron chi connectivity index (χ0n) is 16.5. The number of hydrogen-bond acceptors (Lipinski definition) is 5. The summed E-state index contributed by atoms with van der Waals surface area (Å²) >= 11 is 0. The van der Waals surface area contributed by atoms with Gasteiger partial charge in [0.15, 0.2) is 14.1 Å². The van der Waals surface area contributed by atoms with Crippen molar-refractivity contribution in [2.75, 3.05) is 6.61 Å². The number of rotatable bonds is 6. The minimum Gasteiger partial charge on any atom is -0.414 e. The minimum atomic E-state index is -1.87. The van der Waals surface area contributed by atoms with Crippen molar-refractivity contribution >= 4 is 14.1 Å². The Kier molecular flexibility index (Phi) is 5.87. The molecule has 2 aliphatic rings. The summed E-state index contributed by atoms with van der Waals surface area (Å²) in [6.07, 6.45) is 5.25. The summed E-state index contributed by atoms with van der Waals surface area (Å²) in [7, 11) is -1.87. The van der Waals surface area contributed by atoms with Crippen LogP contribution in [-0.4, -0.2) is 50.9 Å². The van der Waals surface area contributed by atoms with Crippen LogP contribution in [0.15, 0.2) is 0 Å². The van der Waals surface area contributed by atoms with E-state index in [4.69, 9.17) is 25.1 Å². The molecule has 142 valence electrons. The van der Waals surface area contributed by atoms with Gasteiger partial charge in [-0.3, -0.25) is 4.79 Å². The average Bonchev–Trinajstić information content (AvgIpc) is 2.95. The van der Waals surface area contributed by atoms with Crippen LogP contribution in [-0.2, 0) is 23.4 Å². The molecule has 0 N–H and O–H groups in total. The van der Waals surface area contributed by atoms with Crippen LogP contribution >= 0.6 is 0 Å². The fourth-order valence-electron chi connectivity index (χ4n) is 2.99. The van der Waals surface area contributed by atoms with Gasteiger partial charge in [0.2, 0.25) is 5.78 Å². The van der Waals surface area contributed by atoms with Gasteiger partial charge in [-0.1, -0.05) is 20.8 Å². The fourth-order valence-corrected chi connectivity index (χ4v) is 4.00. The lowest BCUT2D eigenvalue weighted by molar-refractivity contribution is -0.190. The molecular weight excluding hydrogens is 336 g/mol. The summed E-state index contributed by atoms with van der Waals surface area (Å²) in [4.78, 5) is 11.5. The maximum absolute atomic E-state index is 11.5. The molecule has 2 saturated heterocycles. The molecule has 2 heterocycles. The van der Waals surface area contributed by atoms with E-state index in [9.17, 15) is 4.79 Å². The summed E-state index contributed by atoms with van der Waals surface area (Å²) in [5.41, 5.74) is 0. The van der Waals surface area contributed by atoms with Gasteiger partial charge in [-0.2, -0.15) is 0 Å². The van der Waals surface area contributed by atoms with Crippen LogP contribution in [0.25, 0.3) is 0 Å². The summed E-state index contributed by atoms with van der Waals surface area (Å²) < 4.78 is 24.6. The molecule has 4 atom stereocenters. The van der Waals surface area contributed by atoms with Gasteiger partial charge >= 0.3 is 0 Å². The first-order valence-electron chi connectivity index (χ1n) is 9.01.